The van der Waals surface area contributed by atoms with Crippen LogP contribution in [0.15, 0.2) is 75.9 Å². The third-order valence-corrected chi connectivity index (χ3v) is 27.0. The van der Waals surface area contributed by atoms with Gasteiger partial charge in [0.2, 0.25) is 0 Å². The third-order valence-electron chi connectivity index (χ3n) is 21.6. The van der Waals surface area contributed by atoms with Crippen LogP contribution in [0.5, 0.6) is 0 Å². The molecule has 6 aliphatic heterocycles. The summed E-state index contributed by atoms with van der Waals surface area (Å²) in [4.78, 5) is 150. The monoisotopic (exact) mass is 1990 g/mol. The number of anilines is 6. The molecule has 0 radical (unpaired) electrons. The van der Waals surface area contributed by atoms with Gasteiger partial charge < -0.3 is 133 Å². The second-order valence-electron chi connectivity index (χ2n) is 29.8. The molecule has 12 aromatic heterocycles. The number of hydrogen-bond acceptors (Lipinski definition) is 54. The molecule has 67 nitrogen and oxygen atoms in total. The van der Waals surface area contributed by atoms with Crippen molar-refractivity contribution in [2.24, 2.45) is 0 Å². The minimum Gasteiger partial charge on any atom is -0.387 e. The highest BCUT2D eigenvalue weighted by Gasteiger charge is 2.58. The summed E-state index contributed by atoms with van der Waals surface area (Å²) in [5.41, 5.74) is 35.3. The number of phosphoric acid groups is 6. The number of aliphatic hydroxyl groups excluding tert-OH is 7. The maximum atomic E-state index is 14.6. The van der Waals surface area contributed by atoms with Crippen LogP contribution in [0.4, 0.5) is 34.9 Å². The Labute approximate surface area is 736 Å². The van der Waals surface area contributed by atoms with E-state index in [1.165, 1.54) is 10.9 Å². The molecule has 716 valence electrons. The highest BCUT2D eigenvalue weighted by atomic mass is 31.2. The van der Waals surface area contributed by atoms with Crippen LogP contribution in [0, 0.1) is 0 Å². The summed E-state index contributed by atoms with van der Waals surface area (Å²) in [5.74, 6) is -0.981. The Morgan fingerprint density at radius 1 is 0.248 bits per heavy atom. The molecular formula is C60H74N30O37P6. The van der Waals surface area contributed by atoms with E-state index in [4.69, 9.17) is 108 Å². The standard InChI is InChI=1S/C60H74N30O37P6/c61-43-25-49(73-7-67-43)85(13-79-25)55-37(97)31(91)19(117-55)2-112-129(101,102)124-39-33(93)21(119-57(39)87-15-81-27-45(63)69-9-75-51(27)87)4-114-131(105,106)126-41-35(95)23(121-59(41)89-17-83-29-47(65)71-11-77-53(29)89)6-116-133(109,110)127-42-36(96)24(122-60(42)90-18-84-30-48(66)72-12-78-54(30)90)5-115-132(107,108)125-40-34(94)22(120-58(40)88-16-82-28-46(64)70-10-76-52(28)88)3-113-130(103,104)123-38-32(92)20(1-111-128(98,99)100)118-56(38)86-14-80-26-44(62)68-8-74-50(26)86/h7-24,31-42,55-60,91-97H,1-6H2,(H,101,102)(H,103,104)(H,105,106)(H,107,108)(H,109,110)(H2,61,67,73)(H2,62,68,74)(H2,63,69,75)(H2,64,70,76)(H2,65,71,77)(H2,66,72,78)(H2,98,99,100)/t19-,20-,21-,22-,23-,24-,31-,32-,33-,34-,35-,36-,37-,38-,39-,40-,41-,42-,55?,56?,57?,58?,59?,60?/m1/s1. The number of aliphatic hydroxyl groups is 7. The van der Waals surface area contributed by atoms with Crippen molar-refractivity contribution in [1.29, 1.82) is 0 Å². The molecule has 18 rings (SSSR count). The van der Waals surface area contributed by atoms with Gasteiger partial charge >= 0.3 is 46.9 Å². The van der Waals surface area contributed by atoms with E-state index in [2.05, 4.69) is 94.2 Å². The molecule has 18 heterocycles. The molecule has 0 bridgehead atoms. The summed E-state index contributed by atoms with van der Waals surface area (Å²) in [5, 5.41) is 81.9. The lowest BCUT2D eigenvalue weighted by atomic mass is 10.1. The van der Waals surface area contributed by atoms with Crippen molar-refractivity contribution in [3.63, 3.8) is 0 Å². The number of ether oxygens (including phenoxy) is 6. The van der Waals surface area contributed by atoms with Gasteiger partial charge in [-0.15, -0.1) is 0 Å². The fourth-order valence-corrected chi connectivity index (χ4v) is 20.3. The fourth-order valence-electron chi connectivity index (χ4n) is 15.3. The van der Waals surface area contributed by atoms with Crippen LogP contribution in [0.1, 0.15) is 37.4 Å². The third kappa shape index (κ3) is 18.5. The molecule has 26 N–H and O–H groups in total. The van der Waals surface area contributed by atoms with Crippen LogP contribution >= 0.6 is 46.9 Å². The Kier molecular flexibility index (Phi) is 25.4. The van der Waals surface area contributed by atoms with Crippen LogP contribution < -0.4 is 34.4 Å². The maximum Gasteiger partial charge on any atom is 0.472 e. The maximum absolute atomic E-state index is 14.6. The zero-order valence-electron chi connectivity index (χ0n) is 66.6. The molecule has 0 amide bonds. The number of aromatic nitrogens is 24. The van der Waals surface area contributed by atoms with Crippen LogP contribution in [0.2, 0.25) is 0 Å². The second-order valence-corrected chi connectivity index (χ2v) is 38.1. The van der Waals surface area contributed by atoms with Crippen LogP contribution in [0.25, 0.3) is 67.0 Å². The summed E-state index contributed by atoms with van der Waals surface area (Å²) in [6.07, 6.45) is -34.5. The predicted molar refractivity (Wildman–Crippen MR) is 425 cm³/mol. The van der Waals surface area contributed by atoms with Gasteiger partial charge in [0.1, 0.15) is 181 Å². The van der Waals surface area contributed by atoms with Crippen molar-refractivity contribution in [2.45, 2.75) is 147 Å². The zero-order chi connectivity index (χ0) is 94.2. The van der Waals surface area contributed by atoms with E-state index in [-0.39, 0.29) is 102 Å². The second kappa shape index (κ2) is 36.1. The number of nitrogens with zero attached hydrogens (tertiary/aromatic N) is 24. The molecule has 6 fully saturated rings. The molecule has 0 spiro atoms. The Morgan fingerprint density at radius 3 is 0.617 bits per heavy atom. The number of rotatable bonds is 34. The molecular weight excluding hydrogens is 1920 g/mol. The summed E-state index contributed by atoms with van der Waals surface area (Å²) in [7, 11) is -33.8. The molecule has 29 atom stereocenters. The van der Waals surface area contributed by atoms with Gasteiger partial charge in [-0.1, -0.05) is 0 Å². The van der Waals surface area contributed by atoms with Crippen LogP contribution in [-0.2, 0) is 106 Å². The van der Waals surface area contributed by atoms with Crippen molar-refractivity contribution in [1.82, 2.24) is 117 Å². The van der Waals surface area contributed by atoms with Gasteiger partial charge in [0.05, 0.1) is 77.6 Å². The van der Waals surface area contributed by atoms with Crippen LogP contribution in [-0.4, -0.2) is 337 Å². The average molecular weight is 1990 g/mol. The molecule has 12 aromatic rings. The molecule has 6 saturated heterocycles. The van der Waals surface area contributed by atoms with Gasteiger partial charge in [-0.05, 0) is 0 Å². The van der Waals surface area contributed by atoms with E-state index in [0.29, 0.717) is 0 Å². The lowest BCUT2D eigenvalue weighted by Gasteiger charge is -2.25. The SMILES string of the molecule is Nc1ncnc2c1ncn2C1O[C@H](COP(=O)(O)O[C@H]2C(n3cnc4c(N)ncnc43)O[C@H](COP(=O)(O)O[C@H]3C(n4cnc5c(N)ncnc54)O[C@H](COP(=O)(O)O[C@H]4C(n5cnc6c(N)ncnc65)O[C@H](COP(=O)(O)O[C@H]5C(n6cnc7c(N)ncnc76)O[C@H](COP(=O)(O)O[C@H]6C(n7cnc8c(N)ncnc87)O[C@H](COP(=O)(O)O)[C@H]6O)[C@H]5O)[C@H]4O)[C@H]3O)[C@H]2O)[C@@H](O)[C@H]1O. The first kappa shape index (κ1) is 93.6. The van der Waals surface area contributed by atoms with Crippen LogP contribution in [0.3, 0.4) is 0 Å². The molecule has 11 unspecified atom stereocenters. The Morgan fingerprint density at radius 2 is 0.421 bits per heavy atom. The minimum absolute atomic E-state index is 0.0259. The molecule has 73 heteroatoms. The lowest BCUT2D eigenvalue weighted by molar-refractivity contribution is -0.0665. The Bertz CT molecular complexity index is 6680. The molecule has 0 saturated carbocycles. The predicted octanol–water partition coefficient (Wildman–Crippen LogP) is -5.95. The zero-order valence-corrected chi connectivity index (χ0v) is 71.9. The van der Waals surface area contributed by atoms with Gasteiger partial charge in [0.25, 0.3) is 0 Å². The largest absolute Gasteiger partial charge is 0.472 e. The van der Waals surface area contributed by atoms with Gasteiger partial charge in [0, 0.05) is 0 Å². The number of nitrogen functional groups attached to an aromatic ring is 6. The first-order valence-electron chi connectivity index (χ1n) is 38.3. The van der Waals surface area contributed by atoms with E-state index < -0.39 is 234 Å². The van der Waals surface area contributed by atoms with Gasteiger partial charge in [-0.2, -0.15) is 0 Å². The molecule has 0 aliphatic carbocycles. The van der Waals surface area contributed by atoms with Crippen molar-refractivity contribution in [3.8, 4) is 0 Å². The molecule has 0 aromatic carbocycles. The summed E-state index contributed by atoms with van der Waals surface area (Å²) < 4.78 is 185. The normalized spacial score (nSPS) is 31.6. The van der Waals surface area contributed by atoms with Crippen molar-refractivity contribution < 1.29 is 176 Å². The quantitative estimate of drug-likeness (QED) is 0.0167. The highest BCUT2D eigenvalue weighted by molar-refractivity contribution is 7.48. The van der Waals surface area contributed by atoms with Gasteiger partial charge in [0.15, 0.2) is 106 Å². The van der Waals surface area contributed by atoms with Crippen molar-refractivity contribution in [2.75, 3.05) is 74.0 Å². The highest BCUT2D eigenvalue weighted by Crippen LogP contribution is 2.58. The fraction of sp³-hybridized carbons (Fsp3) is 0.500. The lowest BCUT2D eigenvalue weighted by Crippen LogP contribution is -2.37. The first-order valence-corrected chi connectivity index (χ1v) is 47.4. The topological polar surface area (TPSA) is 960 Å². The van der Waals surface area contributed by atoms with E-state index in [1.54, 1.807) is 0 Å². The van der Waals surface area contributed by atoms with Gasteiger partial charge in [-0.3, -0.25) is 77.2 Å². The Hall–Kier alpha value is -9.76. The number of hydrogen-bond donors (Lipinski definition) is 20. The number of imidazole rings is 6. The van der Waals surface area contributed by atoms with E-state index in [9.17, 15) is 97.4 Å². The van der Waals surface area contributed by atoms with Crippen molar-refractivity contribution >= 4 is 149 Å². The summed E-state index contributed by atoms with van der Waals surface area (Å²) in [6, 6.07) is 0. The summed E-state index contributed by atoms with van der Waals surface area (Å²) in [6.45, 7) is -6.94. The minimum atomic E-state index is -5.83. The number of phosphoric ester groups is 6. The first-order chi connectivity index (χ1) is 63.1. The Balaban J connectivity index is 0.553. The number of nitrogens with two attached hydrogens (primary N) is 6. The number of fused-ring (bicyclic) bond motifs is 6. The van der Waals surface area contributed by atoms with E-state index in [1.807, 2.05) is 0 Å². The smallest absolute Gasteiger partial charge is 0.387 e. The summed E-state index contributed by atoms with van der Waals surface area (Å²) >= 11 is 0. The van der Waals surface area contributed by atoms with E-state index in [0.717, 1.165) is 92.4 Å². The molecule has 6 aliphatic rings. The van der Waals surface area contributed by atoms with E-state index >= 15 is 0 Å². The van der Waals surface area contributed by atoms with Crippen molar-refractivity contribution in [3.05, 3.63) is 75.9 Å². The van der Waals surface area contributed by atoms with Gasteiger partial charge in [-0.25, -0.2) is 117 Å². The molecule has 133 heavy (non-hydrogen) atoms. The average Bonchev–Trinajstić information content (AvgIpc) is 1.62.